The Morgan fingerprint density at radius 2 is 1.44 bits per heavy atom. The number of nitrogens with zero attached hydrogens (tertiary/aromatic N) is 2. The molecule has 0 amide bonds. The standard InChI is InChI=1S/C22H19N3O7S2.C2H6/c1-31-33(27,28)15-10-14-11-19(34(29,30)32-2)21(22(26)20(14)17(23)12-15)25-24-18-9-5-7-13-6-3-4-8-16(13)18;1-2/h3-12,26H,23H2,1-2H3;1-2H3. The quantitative estimate of drug-likeness (QED) is 0.190. The van der Waals surface area contributed by atoms with Gasteiger partial charge in [0.2, 0.25) is 0 Å². The number of rotatable bonds is 6. The molecule has 4 aromatic carbocycles. The summed E-state index contributed by atoms with van der Waals surface area (Å²) in [6.07, 6.45) is 0. The van der Waals surface area contributed by atoms with Crippen LogP contribution >= 0.6 is 0 Å². The number of fused-ring (bicyclic) bond motifs is 2. The van der Waals surface area contributed by atoms with Crippen molar-refractivity contribution in [2.45, 2.75) is 23.6 Å². The Balaban J connectivity index is 0.00000176. The summed E-state index contributed by atoms with van der Waals surface area (Å²) in [6.45, 7) is 4.00. The Kier molecular flexibility index (Phi) is 7.94. The number of hydrogen-bond acceptors (Lipinski definition) is 10. The minimum atomic E-state index is -4.39. The van der Waals surface area contributed by atoms with Crippen LogP contribution in [0.2, 0.25) is 0 Å². The van der Waals surface area contributed by atoms with Crippen LogP contribution in [0.4, 0.5) is 17.1 Å². The lowest BCUT2D eigenvalue weighted by molar-refractivity contribution is 0.397. The Morgan fingerprint density at radius 1 is 0.806 bits per heavy atom. The highest BCUT2D eigenvalue weighted by molar-refractivity contribution is 7.87. The zero-order chi connectivity index (χ0) is 26.7. The van der Waals surface area contributed by atoms with Crippen molar-refractivity contribution in [3.8, 4) is 5.75 Å². The van der Waals surface area contributed by atoms with E-state index in [4.69, 9.17) is 5.73 Å². The van der Waals surface area contributed by atoms with Gasteiger partial charge in [-0.15, -0.1) is 10.2 Å². The lowest BCUT2D eigenvalue weighted by Crippen LogP contribution is -2.06. The lowest BCUT2D eigenvalue weighted by atomic mass is 10.1. The van der Waals surface area contributed by atoms with Crippen LogP contribution in [0.25, 0.3) is 21.5 Å². The van der Waals surface area contributed by atoms with E-state index in [1.165, 1.54) is 0 Å². The van der Waals surface area contributed by atoms with Crippen LogP contribution in [-0.4, -0.2) is 36.2 Å². The molecule has 0 spiro atoms. The summed E-state index contributed by atoms with van der Waals surface area (Å²) in [5.74, 6) is -0.601. The van der Waals surface area contributed by atoms with Gasteiger partial charge in [0.1, 0.15) is 10.6 Å². The van der Waals surface area contributed by atoms with Gasteiger partial charge in [0, 0.05) is 16.5 Å². The number of nitrogens with two attached hydrogens (primary N) is 1. The Bertz CT molecular complexity index is 1680. The summed E-state index contributed by atoms with van der Waals surface area (Å²) < 4.78 is 58.7. The number of nitrogen functional groups attached to an aromatic ring is 1. The Hall–Kier alpha value is -3.58. The molecule has 0 heterocycles. The van der Waals surface area contributed by atoms with E-state index in [2.05, 4.69) is 18.6 Å². The van der Waals surface area contributed by atoms with Crippen LogP contribution in [0.3, 0.4) is 0 Å². The van der Waals surface area contributed by atoms with E-state index in [0.29, 0.717) is 5.69 Å². The molecule has 10 nitrogen and oxygen atoms in total. The van der Waals surface area contributed by atoms with Crippen LogP contribution in [0.5, 0.6) is 5.75 Å². The molecule has 3 N–H and O–H groups in total. The van der Waals surface area contributed by atoms with Crippen molar-refractivity contribution in [1.29, 1.82) is 0 Å². The number of hydrogen-bond donors (Lipinski definition) is 2. The molecule has 36 heavy (non-hydrogen) atoms. The van der Waals surface area contributed by atoms with E-state index in [9.17, 15) is 21.9 Å². The van der Waals surface area contributed by atoms with Gasteiger partial charge in [0.25, 0.3) is 20.2 Å². The van der Waals surface area contributed by atoms with Crippen molar-refractivity contribution in [2.75, 3.05) is 20.0 Å². The molecule has 0 saturated heterocycles. The summed E-state index contributed by atoms with van der Waals surface area (Å²) in [6, 6.07) is 16.1. The largest absolute Gasteiger partial charge is 0.505 e. The maximum atomic E-state index is 12.7. The van der Waals surface area contributed by atoms with Gasteiger partial charge in [0.15, 0.2) is 5.75 Å². The van der Waals surface area contributed by atoms with Crippen molar-refractivity contribution < 1.29 is 30.3 Å². The fraction of sp³-hybridized carbons (Fsp3) is 0.167. The molecule has 4 aromatic rings. The number of anilines is 1. The number of phenols is 1. The second kappa shape index (κ2) is 10.6. The third kappa shape index (κ3) is 5.02. The molecule has 0 radical (unpaired) electrons. The van der Waals surface area contributed by atoms with Gasteiger partial charge in [0.05, 0.1) is 24.8 Å². The molecule has 0 unspecified atom stereocenters. The number of aromatic hydroxyl groups is 1. The van der Waals surface area contributed by atoms with Gasteiger partial charge in [-0.1, -0.05) is 50.2 Å². The summed E-state index contributed by atoms with van der Waals surface area (Å²) in [5, 5.41) is 20.9. The van der Waals surface area contributed by atoms with Crippen LogP contribution in [-0.2, 0) is 28.6 Å². The second-order valence-corrected chi connectivity index (χ2v) is 10.5. The molecule has 0 bridgehead atoms. The highest BCUT2D eigenvalue weighted by atomic mass is 32.2. The maximum absolute atomic E-state index is 12.7. The first-order chi connectivity index (χ1) is 17.1. The van der Waals surface area contributed by atoms with Crippen LogP contribution in [0, 0.1) is 0 Å². The maximum Gasteiger partial charge on any atom is 0.299 e. The normalized spacial score (nSPS) is 12.1. The molecule has 0 fully saturated rings. The van der Waals surface area contributed by atoms with Gasteiger partial charge >= 0.3 is 0 Å². The fourth-order valence-corrected chi connectivity index (χ4v) is 5.07. The third-order valence-electron chi connectivity index (χ3n) is 5.18. The topological polar surface area (TPSA) is 158 Å². The molecule has 12 heteroatoms. The van der Waals surface area contributed by atoms with E-state index in [1.807, 2.05) is 44.2 Å². The van der Waals surface area contributed by atoms with Crippen molar-refractivity contribution in [1.82, 2.24) is 0 Å². The summed E-state index contributed by atoms with van der Waals surface area (Å²) >= 11 is 0. The minimum Gasteiger partial charge on any atom is -0.505 e. The fourth-order valence-electron chi connectivity index (χ4n) is 3.51. The number of phenolic OH excluding ortho intramolecular Hbond substituents is 1. The van der Waals surface area contributed by atoms with Crippen molar-refractivity contribution in [3.63, 3.8) is 0 Å². The zero-order valence-electron chi connectivity index (χ0n) is 20.0. The predicted molar refractivity (Wildman–Crippen MR) is 138 cm³/mol. The minimum absolute atomic E-state index is 0.00280. The second-order valence-electron chi connectivity index (χ2n) is 7.12. The van der Waals surface area contributed by atoms with Gasteiger partial charge < -0.3 is 10.8 Å². The molecule has 0 aliphatic heterocycles. The molecular weight excluding hydrogens is 506 g/mol. The summed E-state index contributed by atoms with van der Waals surface area (Å²) in [7, 11) is -6.61. The van der Waals surface area contributed by atoms with Gasteiger partial charge in [-0.05, 0) is 35.0 Å². The van der Waals surface area contributed by atoms with E-state index in [1.54, 1.807) is 12.1 Å². The SMILES string of the molecule is CC.COS(=O)(=O)c1cc(N)c2c(O)c(N=Nc3cccc4ccccc34)c(S(=O)(=O)OC)cc2c1. The lowest BCUT2D eigenvalue weighted by Gasteiger charge is -2.13. The molecule has 4 rings (SSSR count). The summed E-state index contributed by atoms with van der Waals surface area (Å²) in [5.41, 5.74) is 5.92. The Morgan fingerprint density at radius 3 is 2.11 bits per heavy atom. The van der Waals surface area contributed by atoms with Gasteiger partial charge in [-0.2, -0.15) is 16.8 Å². The smallest absolute Gasteiger partial charge is 0.299 e. The van der Waals surface area contributed by atoms with Gasteiger partial charge in [-0.3, -0.25) is 8.37 Å². The van der Waals surface area contributed by atoms with E-state index in [-0.39, 0.29) is 21.4 Å². The zero-order valence-corrected chi connectivity index (χ0v) is 21.6. The molecule has 0 aliphatic rings. The highest BCUT2D eigenvalue weighted by Gasteiger charge is 2.26. The van der Waals surface area contributed by atoms with Crippen LogP contribution < -0.4 is 5.73 Å². The van der Waals surface area contributed by atoms with Crippen molar-refractivity contribution >= 4 is 58.8 Å². The first kappa shape index (κ1) is 27.0. The van der Waals surface area contributed by atoms with E-state index >= 15 is 0 Å². The molecule has 190 valence electrons. The number of azo groups is 1. The van der Waals surface area contributed by atoms with E-state index in [0.717, 1.165) is 43.2 Å². The molecular formula is C24H25N3O7S2. The number of benzene rings is 4. The first-order valence-corrected chi connectivity index (χ1v) is 13.5. The van der Waals surface area contributed by atoms with E-state index < -0.39 is 36.6 Å². The van der Waals surface area contributed by atoms with Crippen LogP contribution in [0.15, 0.2) is 80.7 Å². The molecule has 0 saturated carbocycles. The first-order valence-electron chi connectivity index (χ1n) is 10.7. The average Bonchev–Trinajstić information content (AvgIpc) is 2.88. The molecule has 0 aromatic heterocycles. The molecule has 0 atom stereocenters. The molecule has 0 aliphatic carbocycles. The van der Waals surface area contributed by atoms with Crippen molar-refractivity contribution in [2.24, 2.45) is 10.2 Å². The van der Waals surface area contributed by atoms with Gasteiger partial charge in [-0.25, -0.2) is 0 Å². The average molecular weight is 532 g/mol. The summed E-state index contributed by atoms with van der Waals surface area (Å²) in [4.78, 5) is -0.833. The monoisotopic (exact) mass is 531 g/mol. The Labute approximate surface area is 209 Å². The van der Waals surface area contributed by atoms with Crippen molar-refractivity contribution in [3.05, 3.63) is 60.7 Å². The van der Waals surface area contributed by atoms with Crippen LogP contribution in [0.1, 0.15) is 13.8 Å². The highest BCUT2D eigenvalue weighted by Crippen LogP contribution is 2.45. The third-order valence-corrected chi connectivity index (χ3v) is 7.72. The predicted octanol–water partition coefficient (Wildman–Crippen LogP) is 5.39.